The SMILES string of the molecule is COc1cc(C=NNC(=O)Cc2nnc(N)s2)ccc1OCc1ccccc1F. The van der Waals surface area contributed by atoms with Gasteiger partial charge in [-0.25, -0.2) is 9.82 Å². The summed E-state index contributed by atoms with van der Waals surface area (Å²) in [5.74, 6) is 0.253. The Morgan fingerprint density at radius 2 is 2.10 bits per heavy atom. The Balaban J connectivity index is 1.58. The normalized spacial score (nSPS) is 10.8. The number of hydrogen-bond donors (Lipinski definition) is 2. The lowest BCUT2D eigenvalue weighted by atomic mass is 10.2. The van der Waals surface area contributed by atoms with Gasteiger partial charge in [-0.3, -0.25) is 4.79 Å². The molecule has 0 bridgehead atoms. The maximum Gasteiger partial charge on any atom is 0.247 e. The Hall–Kier alpha value is -3.53. The van der Waals surface area contributed by atoms with Crippen LogP contribution in [0.4, 0.5) is 9.52 Å². The predicted molar refractivity (Wildman–Crippen MR) is 107 cm³/mol. The van der Waals surface area contributed by atoms with Gasteiger partial charge in [0.25, 0.3) is 0 Å². The van der Waals surface area contributed by atoms with Crippen molar-refractivity contribution in [3.05, 3.63) is 64.4 Å². The monoisotopic (exact) mass is 415 g/mol. The smallest absolute Gasteiger partial charge is 0.247 e. The highest BCUT2D eigenvalue weighted by molar-refractivity contribution is 7.15. The van der Waals surface area contributed by atoms with Crippen LogP contribution in [0.5, 0.6) is 11.5 Å². The summed E-state index contributed by atoms with van der Waals surface area (Å²) in [5.41, 5.74) is 9.01. The van der Waals surface area contributed by atoms with Crippen LogP contribution in [0.25, 0.3) is 0 Å². The molecule has 0 atom stereocenters. The molecule has 3 rings (SSSR count). The quantitative estimate of drug-likeness (QED) is 0.432. The summed E-state index contributed by atoms with van der Waals surface area (Å²) in [7, 11) is 1.50. The third-order valence-corrected chi connectivity index (χ3v) is 4.48. The van der Waals surface area contributed by atoms with Gasteiger partial charge in [0.2, 0.25) is 11.0 Å². The number of nitrogen functional groups attached to an aromatic ring is 1. The van der Waals surface area contributed by atoms with Gasteiger partial charge in [0.1, 0.15) is 17.4 Å². The number of hydrogen-bond acceptors (Lipinski definition) is 8. The fraction of sp³-hybridized carbons (Fsp3) is 0.158. The molecule has 3 aromatic rings. The minimum Gasteiger partial charge on any atom is -0.493 e. The average Bonchev–Trinajstić information content (AvgIpc) is 3.12. The number of anilines is 1. The van der Waals surface area contributed by atoms with E-state index in [9.17, 15) is 9.18 Å². The van der Waals surface area contributed by atoms with Crippen molar-refractivity contribution in [2.75, 3.05) is 12.8 Å². The first kappa shape index (κ1) is 20.2. The van der Waals surface area contributed by atoms with E-state index in [0.717, 1.165) is 11.3 Å². The van der Waals surface area contributed by atoms with E-state index in [1.807, 2.05) is 0 Å². The fourth-order valence-corrected chi connectivity index (χ4v) is 2.96. The van der Waals surface area contributed by atoms with Gasteiger partial charge in [-0.15, -0.1) is 10.2 Å². The van der Waals surface area contributed by atoms with Gasteiger partial charge in [0.15, 0.2) is 11.5 Å². The standard InChI is InChI=1S/C19H18FN5O3S/c1-27-16-8-12(10-22-23-17(26)9-18-24-25-19(21)29-18)6-7-15(16)28-11-13-4-2-3-5-14(13)20/h2-8,10H,9,11H2,1H3,(H2,21,25)(H,23,26). The lowest BCUT2D eigenvalue weighted by molar-refractivity contribution is -0.120. The van der Waals surface area contributed by atoms with E-state index in [-0.39, 0.29) is 24.8 Å². The van der Waals surface area contributed by atoms with Crippen molar-refractivity contribution >= 4 is 28.6 Å². The zero-order valence-corrected chi connectivity index (χ0v) is 16.3. The third kappa shape index (κ3) is 5.72. The lowest BCUT2D eigenvalue weighted by Gasteiger charge is -2.11. The van der Waals surface area contributed by atoms with Crippen LogP contribution in [0.1, 0.15) is 16.1 Å². The molecule has 0 aliphatic carbocycles. The summed E-state index contributed by atoms with van der Waals surface area (Å²) in [6.07, 6.45) is 1.51. The van der Waals surface area contributed by atoms with Crippen molar-refractivity contribution in [2.45, 2.75) is 13.0 Å². The van der Waals surface area contributed by atoms with E-state index < -0.39 is 0 Å². The van der Waals surface area contributed by atoms with Crippen LogP contribution in [0.3, 0.4) is 0 Å². The maximum absolute atomic E-state index is 13.7. The summed E-state index contributed by atoms with van der Waals surface area (Å²) in [5, 5.41) is 12.1. The number of rotatable bonds is 8. The van der Waals surface area contributed by atoms with Gasteiger partial charge in [0, 0.05) is 5.56 Å². The van der Waals surface area contributed by atoms with Crippen molar-refractivity contribution < 1.29 is 18.7 Å². The first-order chi connectivity index (χ1) is 14.0. The van der Waals surface area contributed by atoms with Gasteiger partial charge in [-0.05, 0) is 29.8 Å². The average molecular weight is 415 g/mol. The molecule has 0 radical (unpaired) electrons. The summed E-state index contributed by atoms with van der Waals surface area (Å²) in [6, 6.07) is 11.5. The third-order valence-electron chi connectivity index (χ3n) is 3.73. The Morgan fingerprint density at radius 3 is 2.83 bits per heavy atom. The van der Waals surface area contributed by atoms with E-state index in [0.29, 0.717) is 32.8 Å². The molecule has 1 heterocycles. The van der Waals surface area contributed by atoms with Crippen molar-refractivity contribution in [3.8, 4) is 11.5 Å². The van der Waals surface area contributed by atoms with Gasteiger partial charge < -0.3 is 15.2 Å². The maximum atomic E-state index is 13.7. The molecule has 0 unspecified atom stereocenters. The second-order valence-corrected chi connectivity index (χ2v) is 6.89. The number of aromatic nitrogens is 2. The first-order valence-corrected chi connectivity index (χ1v) is 9.31. The molecule has 0 fully saturated rings. The molecule has 1 amide bonds. The number of ether oxygens (including phenoxy) is 2. The zero-order valence-electron chi connectivity index (χ0n) is 15.5. The molecule has 0 aliphatic heterocycles. The van der Waals surface area contributed by atoms with E-state index in [2.05, 4.69) is 20.7 Å². The first-order valence-electron chi connectivity index (χ1n) is 8.49. The molecule has 0 saturated heterocycles. The summed E-state index contributed by atoms with van der Waals surface area (Å²) in [4.78, 5) is 11.8. The number of halogens is 1. The molecule has 8 nitrogen and oxygen atoms in total. The molecule has 3 N–H and O–H groups in total. The van der Waals surface area contributed by atoms with Crippen LogP contribution in [-0.2, 0) is 17.8 Å². The van der Waals surface area contributed by atoms with E-state index in [4.69, 9.17) is 15.2 Å². The highest BCUT2D eigenvalue weighted by Gasteiger charge is 2.09. The number of nitrogens with zero attached hydrogens (tertiary/aromatic N) is 3. The number of amides is 1. The molecule has 0 spiro atoms. The number of benzene rings is 2. The van der Waals surface area contributed by atoms with Crippen LogP contribution in [0.15, 0.2) is 47.6 Å². The van der Waals surface area contributed by atoms with Gasteiger partial charge in [-0.2, -0.15) is 5.10 Å². The molecule has 29 heavy (non-hydrogen) atoms. The minimum absolute atomic E-state index is 0.0400. The van der Waals surface area contributed by atoms with Crippen LogP contribution < -0.4 is 20.6 Å². The van der Waals surface area contributed by atoms with Crippen LogP contribution in [0.2, 0.25) is 0 Å². The largest absolute Gasteiger partial charge is 0.493 e. The molecular formula is C19H18FN5O3S. The van der Waals surface area contributed by atoms with Crippen molar-refractivity contribution in [3.63, 3.8) is 0 Å². The molecule has 2 aromatic carbocycles. The van der Waals surface area contributed by atoms with Crippen molar-refractivity contribution in [1.82, 2.24) is 15.6 Å². The Labute approximate surface area is 170 Å². The number of nitrogens with one attached hydrogen (secondary N) is 1. The van der Waals surface area contributed by atoms with Crippen LogP contribution >= 0.6 is 11.3 Å². The zero-order chi connectivity index (χ0) is 20.6. The molecule has 0 aliphatic rings. The molecule has 150 valence electrons. The second-order valence-electron chi connectivity index (χ2n) is 5.79. The number of carbonyl (C=O) groups excluding carboxylic acids is 1. The number of hydrazone groups is 1. The number of nitrogens with two attached hydrogens (primary N) is 1. The van der Waals surface area contributed by atoms with Crippen LogP contribution in [-0.4, -0.2) is 29.4 Å². The lowest BCUT2D eigenvalue weighted by Crippen LogP contribution is -2.19. The van der Waals surface area contributed by atoms with Crippen molar-refractivity contribution in [2.24, 2.45) is 5.10 Å². The van der Waals surface area contributed by atoms with E-state index >= 15 is 0 Å². The van der Waals surface area contributed by atoms with E-state index in [1.54, 1.807) is 36.4 Å². The predicted octanol–water partition coefficient (Wildman–Crippen LogP) is 2.54. The summed E-state index contributed by atoms with van der Waals surface area (Å²) in [6.45, 7) is 0.0721. The Kier molecular flexibility index (Phi) is 6.69. The van der Waals surface area contributed by atoms with Gasteiger partial charge in [-0.1, -0.05) is 29.5 Å². The highest BCUT2D eigenvalue weighted by atomic mass is 32.1. The highest BCUT2D eigenvalue weighted by Crippen LogP contribution is 2.28. The topological polar surface area (TPSA) is 112 Å². The van der Waals surface area contributed by atoms with Gasteiger partial charge in [0.05, 0.1) is 19.7 Å². The molecule has 0 saturated carbocycles. The van der Waals surface area contributed by atoms with Gasteiger partial charge >= 0.3 is 0 Å². The minimum atomic E-state index is -0.339. The van der Waals surface area contributed by atoms with E-state index in [1.165, 1.54) is 19.4 Å². The molecular weight excluding hydrogens is 397 g/mol. The molecule has 1 aromatic heterocycles. The Bertz CT molecular complexity index is 1020. The Morgan fingerprint density at radius 1 is 1.28 bits per heavy atom. The summed E-state index contributed by atoms with van der Waals surface area (Å²) >= 11 is 1.15. The van der Waals surface area contributed by atoms with Crippen molar-refractivity contribution in [1.29, 1.82) is 0 Å². The summed E-state index contributed by atoms with van der Waals surface area (Å²) < 4.78 is 24.7. The number of methoxy groups -OCH3 is 1. The fourth-order valence-electron chi connectivity index (χ4n) is 2.35. The number of carbonyl (C=O) groups is 1. The van der Waals surface area contributed by atoms with Crippen LogP contribution in [0, 0.1) is 5.82 Å². The second kappa shape index (κ2) is 9.60. The molecule has 10 heteroatoms.